The molecule has 0 aliphatic carbocycles. The smallest absolute Gasteiger partial charge is 0.293 e. The lowest BCUT2D eigenvalue weighted by molar-refractivity contribution is -0.384. The van der Waals surface area contributed by atoms with Crippen molar-refractivity contribution < 1.29 is 14.5 Å². The van der Waals surface area contributed by atoms with Crippen molar-refractivity contribution in [3.8, 4) is 0 Å². The van der Waals surface area contributed by atoms with Gasteiger partial charge in [0.25, 0.3) is 11.6 Å². The SMILES string of the molecule is O=C(NN=Cc1ccc(N2CCOCC2)c([N+](=O)[O-])c1)c1ccncc1. The summed E-state index contributed by atoms with van der Waals surface area (Å²) >= 11 is 0. The van der Waals surface area contributed by atoms with Crippen molar-refractivity contribution in [3.63, 3.8) is 0 Å². The van der Waals surface area contributed by atoms with Crippen LogP contribution in [0.2, 0.25) is 0 Å². The molecule has 2 heterocycles. The van der Waals surface area contributed by atoms with Gasteiger partial charge in [-0.2, -0.15) is 5.10 Å². The summed E-state index contributed by atoms with van der Waals surface area (Å²) in [6.45, 7) is 2.30. The molecule has 0 radical (unpaired) electrons. The minimum Gasteiger partial charge on any atom is -0.378 e. The van der Waals surface area contributed by atoms with Crippen LogP contribution in [0.3, 0.4) is 0 Å². The Morgan fingerprint density at radius 3 is 2.69 bits per heavy atom. The summed E-state index contributed by atoms with van der Waals surface area (Å²) in [5, 5.41) is 15.3. The number of hydrogen-bond donors (Lipinski definition) is 1. The van der Waals surface area contributed by atoms with Crippen LogP contribution < -0.4 is 10.3 Å². The molecule has 1 aromatic heterocycles. The predicted octanol–water partition coefficient (Wildman–Crippen LogP) is 1.59. The maximum absolute atomic E-state index is 11.9. The molecular weight excluding hydrogens is 338 g/mol. The Kier molecular flexibility index (Phi) is 5.49. The van der Waals surface area contributed by atoms with Gasteiger partial charge in [-0.15, -0.1) is 0 Å². The van der Waals surface area contributed by atoms with Crippen molar-refractivity contribution in [1.29, 1.82) is 0 Å². The Labute approximate surface area is 149 Å². The molecule has 0 atom stereocenters. The lowest BCUT2D eigenvalue weighted by Crippen LogP contribution is -2.36. The zero-order chi connectivity index (χ0) is 18.4. The standard InChI is InChI=1S/C17H17N5O4/c23-17(14-3-5-18-6-4-14)20-19-12-13-1-2-15(16(11-13)22(24)25)21-7-9-26-10-8-21/h1-6,11-12H,7-10H2,(H,20,23). The number of anilines is 1. The van der Waals surface area contributed by atoms with Crippen molar-refractivity contribution in [1.82, 2.24) is 10.4 Å². The van der Waals surface area contributed by atoms with Crippen molar-refractivity contribution >= 4 is 23.5 Å². The maximum atomic E-state index is 11.9. The van der Waals surface area contributed by atoms with Gasteiger partial charge in [0, 0.05) is 42.7 Å². The number of hydrogen-bond acceptors (Lipinski definition) is 7. The highest BCUT2D eigenvalue weighted by molar-refractivity contribution is 5.94. The van der Waals surface area contributed by atoms with Crippen molar-refractivity contribution in [3.05, 3.63) is 64.0 Å². The summed E-state index contributed by atoms with van der Waals surface area (Å²) in [6, 6.07) is 7.97. The van der Waals surface area contributed by atoms with Crippen LogP contribution in [0.5, 0.6) is 0 Å². The van der Waals surface area contributed by atoms with Gasteiger partial charge >= 0.3 is 0 Å². The minimum atomic E-state index is -0.419. The molecule has 3 rings (SSSR count). The summed E-state index contributed by atoms with van der Waals surface area (Å²) < 4.78 is 5.28. The molecule has 1 aliphatic heterocycles. The molecule has 0 saturated carbocycles. The van der Waals surface area contributed by atoms with Crippen molar-refractivity contribution in [2.24, 2.45) is 5.10 Å². The Bertz CT molecular complexity index is 819. The largest absolute Gasteiger partial charge is 0.378 e. The van der Waals surface area contributed by atoms with E-state index in [1.165, 1.54) is 24.7 Å². The molecule has 9 nitrogen and oxygen atoms in total. The van der Waals surface area contributed by atoms with Gasteiger partial charge in [-0.1, -0.05) is 6.07 Å². The number of nitro benzene ring substituents is 1. The fraction of sp³-hybridized carbons (Fsp3) is 0.235. The number of ether oxygens (including phenoxy) is 1. The van der Waals surface area contributed by atoms with E-state index in [9.17, 15) is 14.9 Å². The number of nitro groups is 1. The quantitative estimate of drug-likeness (QED) is 0.495. The van der Waals surface area contributed by atoms with Gasteiger partial charge in [0.15, 0.2) is 0 Å². The van der Waals surface area contributed by atoms with Crippen LogP contribution in [-0.2, 0) is 4.74 Å². The molecule has 1 aromatic carbocycles. The molecular formula is C17H17N5O4. The number of nitrogens with one attached hydrogen (secondary N) is 1. The minimum absolute atomic E-state index is 0.00342. The number of hydrazone groups is 1. The second-order valence-corrected chi connectivity index (χ2v) is 5.54. The molecule has 1 amide bonds. The molecule has 0 spiro atoms. The van der Waals surface area contributed by atoms with Crippen LogP contribution in [0.4, 0.5) is 11.4 Å². The summed E-state index contributed by atoms with van der Waals surface area (Å²) in [5.74, 6) is -0.386. The molecule has 9 heteroatoms. The third kappa shape index (κ3) is 4.19. The highest BCUT2D eigenvalue weighted by Crippen LogP contribution is 2.29. The van der Waals surface area contributed by atoms with Crippen LogP contribution in [-0.4, -0.2) is 48.3 Å². The zero-order valence-electron chi connectivity index (χ0n) is 13.9. The highest BCUT2D eigenvalue weighted by atomic mass is 16.6. The number of morpholine rings is 1. The van der Waals surface area contributed by atoms with E-state index in [0.717, 1.165) is 0 Å². The van der Waals surface area contributed by atoms with Gasteiger partial charge in [0.2, 0.25) is 0 Å². The topological polar surface area (TPSA) is 110 Å². The normalized spacial score (nSPS) is 14.4. The third-order valence-corrected chi connectivity index (χ3v) is 3.87. The van der Waals surface area contributed by atoms with E-state index in [2.05, 4.69) is 15.5 Å². The number of nitrogens with zero attached hydrogens (tertiary/aromatic N) is 4. The van der Waals surface area contributed by atoms with Gasteiger partial charge in [-0.05, 0) is 18.2 Å². The number of carbonyl (C=O) groups excluding carboxylic acids is 1. The predicted molar refractivity (Wildman–Crippen MR) is 95.4 cm³/mol. The number of amides is 1. The monoisotopic (exact) mass is 355 g/mol. The summed E-state index contributed by atoms with van der Waals surface area (Å²) in [6.07, 6.45) is 4.38. The highest BCUT2D eigenvalue weighted by Gasteiger charge is 2.21. The van der Waals surface area contributed by atoms with E-state index >= 15 is 0 Å². The van der Waals surface area contributed by atoms with E-state index < -0.39 is 4.92 Å². The second kappa shape index (κ2) is 8.17. The summed E-state index contributed by atoms with van der Waals surface area (Å²) in [4.78, 5) is 28.6. The van der Waals surface area contributed by atoms with Gasteiger partial charge in [-0.25, -0.2) is 5.43 Å². The molecule has 26 heavy (non-hydrogen) atoms. The van der Waals surface area contributed by atoms with E-state index in [-0.39, 0.29) is 11.6 Å². The molecule has 2 aromatic rings. The Balaban J connectivity index is 1.73. The van der Waals surface area contributed by atoms with Crippen LogP contribution in [0, 0.1) is 10.1 Å². The second-order valence-electron chi connectivity index (χ2n) is 5.54. The van der Waals surface area contributed by atoms with E-state index in [4.69, 9.17) is 4.74 Å². The third-order valence-electron chi connectivity index (χ3n) is 3.87. The number of aromatic nitrogens is 1. The van der Waals surface area contributed by atoms with Gasteiger partial charge < -0.3 is 9.64 Å². The number of carbonyl (C=O) groups is 1. The molecule has 1 aliphatic rings. The molecule has 0 bridgehead atoms. The van der Waals surface area contributed by atoms with Gasteiger partial charge in [0.1, 0.15) is 5.69 Å². The number of pyridine rings is 1. The van der Waals surface area contributed by atoms with Crippen molar-refractivity contribution in [2.45, 2.75) is 0 Å². The molecule has 1 N–H and O–H groups in total. The van der Waals surface area contributed by atoms with Crippen molar-refractivity contribution in [2.75, 3.05) is 31.2 Å². The molecule has 134 valence electrons. The fourth-order valence-electron chi connectivity index (χ4n) is 2.57. The lowest BCUT2D eigenvalue weighted by atomic mass is 10.1. The first-order chi connectivity index (χ1) is 12.6. The number of rotatable bonds is 5. The molecule has 1 saturated heterocycles. The van der Waals surface area contributed by atoms with Crippen LogP contribution in [0.15, 0.2) is 47.8 Å². The average Bonchev–Trinajstić information content (AvgIpc) is 2.69. The summed E-state index contributed by atoms with van der Waals surface area (Å²) in [7, 11) is 0. The summed E-state index contributed by atoms with van der Waals surface area (Å²) in [5.41, 5.74) is 3.87. The Morgan fingerprint density at radius 1 is 1.27 bits per heavy atom. The van der Waals surface area contributed by atoms with E-state index in [0.29, 0.717) is 43.1 Å². The maximum Gasteiger partial charge on any atom is 0.293 e. The van der Waals surface area contributed by atoms with Crippen LogP contribution in [0.25, 0.3) is 0 Å². The first kappa shape index (κ1) is 17.5. The molecule has 1 fully saturated rings. The van der Waals surface area contributed by atoms with E-state index in [1.807, 2.05) is 4.90 Å². The fourth-order valence-corrected chi connectivity index (χ4v) is 2.57. The first-order valence-corrected chi connectivity index (χ1v) is 8.00. The van der Waals surface area contributed by atoms with Crippen LogP contribution >= 0.6 is 0 Å². The van der Waals surface area contributed by atoms with Gasteiger partial charge in [-0.3, -0.25) is 19.9 Å². The lowest BCUT2D eigenvalue weighted by Gasteiger charge is -2.28. The Morgan fingerprint density at radius 2 is 2.00 bits per heavy atom. The molecule has 0 unspecified atom stereocenters. The van der Waals surface area contributed by atoms with Crippen LogP contribution in [0.1, 0.15) is 15.9 Å². The first-order valence-electron chi connectivity index (χ1n) is 8.00. The van der Waals surface area contributed by atoms with E-state index in [1.54, 1.807) is 24.3 Å². The zero-order valence-corrected chi connectivity index (χ0v) is 13.9. The average molecular weight is 355 g/mol. The van der Waals surface area contributed by atoms with Gasteiger partial charge in [0.05, 0.1) is 24.4 Å². The number of benzene rings is 1. The Hall–Kier alpha value is -3.33.